The van der Waals surface area contributed by atoms with Gasteiger partial charge in [0.15, 0.2) is 0 Å². The molecule has 98 valence electrons. The zero-order valence-corrected chi connectivity index (χ0v) is 10.1. The Morgan fingerprint density at radius 2 is 2.17 bits per heavy atom. The zero-order chi connectivity index (χ0) is 13.0. The highest BCUT2D eigenvalue weighted by Gasteiger charge is 2.19. The second kappa shape index (κ2) is 5.93. The number of halogens is 1. The van der Waals surface area contributed by atoms with Crippen molar-refractivity contribution in [3.63, 3.8) is 0 Å². The van der Waals surface area contributed by atoms with Crippen molar-refractivity contribution in [1.82, 2.24) is 10.2 Å². The molecule has 1 atom stereocenters. The normalized spacial score (nSPS) is 19.1. The molecule has 1 unspecified atom stereocenters. The van der Waals surface area contributed by atoms with E-state index in [1.165, 1.54) is 6.07 Å². The Labute approximate surface area is 105 Å². The van der Waals surface area contributed by atoms with Crippen molar-refractivity contribution in [2.75, 3.05) is 26.2 Å². The molecule has 0 aliphatic carbocycles. The molecule has 0 spiro atoms. The lowest BCUT2D eigenvalue weighted by molar-refractivity contribution is -0.120. The van der Waals surface area contributed by atoms with E-state index in [9.17, 15) is 14.3 Å². The fourth-order valence-electron chi connectivity index (χ4n) is 2.08. The van der Waals surface area contributed by atoms with Gasteiger partial charge in [0.25, 0.3) is 0 Å². The number of nitrogens with one attached hydrogen (secondary N) is 1. The van der Waals surface area contributed by atoms with Crippen molar-refractivity contribution in [2.24, 2.45) is 0 Å². The molecule has 4 nitrogen and oxygen atoms in total. The third kappa shape index (κ3) is 3.27. The lowest BCUT2D eigenvalue weighted by Crippen LogP contribution is -2.32. The highest BCUT2D eigenvalue weighted by Crippen LogP contribution is 2.18. The van der Waals surface area contributed by atoms with Crippen LogP contribution < -0.4 is 5.32 Å². The van der Waals surface area contributed by atoms with E-state index in [0.717, 1.165) is 0 Å². The molecule has 1 aromatic carbocycles. The number of β-amino-alcohol motifs (C(OH)–C–C–N with tert-alkyl or cyclic N) is 1. The summed E-state index contributed by atoms with van der Waals surface area (Å²) in [5, 5.41) is 12.8. The first kappa shape index (κ1) is 13.0. The molecule has 1 aromatic rings. The van der Waals surface area contributed by atoms with Crippen LogP contribution in [0.2, 0.25) is 0 Å². The van der Waals surface area contributed by atoms with Gasteiger partial charge in [-0.2, -0.15) is 0 Å². The largest absolute Gasteiger partial charge is 0.387 e. The number of carbonyl (C=O) groups is 1. The van der Waals surface area contributed by atoms with Crippen LogP contribution in [0.5, 0.6) is 0 Å². The second-order valence-electron chi connectivity index (χ2n) is 4.44. The highest BCUT2D eigenvalue weighted by atomic mass is 19.1. The van der Waals surface area contributed by atoms with E-state index in [0.29, 0.717) is 38.2 Å². The summed E-state index contributed by atoms with van der Waals surface area (Å²) in [6.07, 6.45) is -0.441. The summed E-state index contributed by atoms with van der Waals surface area (Å²) in [6.45, 7) is 2.19. The predicted octanol–water partition coefficient (Wildman–Crippen LogP) is 0.681. The minimum atomic E-state index is -0.862. The van der Waals surface area contributed by atoms with Crippen LogP contribution in [0.25, 0.3) is 0 Å². The number of nitrogens with zero attached hydrogens (tertiary/aromatic N) is 1. The first-order chi connectivity index (χ1) is 8.66. The van der Waals surface area contributed by atoms with E-state index in [1.54, 1.807) is 18.2 Å². The van der Waals surface area contributed by atoms with E-state index in [1.807, 2.05) is 4.90 Å². The Kier molecular flexibility index (Phi) is 4.28. The molecule has 1 saturated heterocycles. The lowest BCUT2D eigenvalue weighted by Gasteiger charge is -2.22. The minimum absolute atomic E-state index is 0.0258. The third-order valence-corrected chi connectivity index (χ3v) is 3.10. The van der Waals surface area contributed by atoms with Crippen LogP contribution in [0.3, 0.4) is 0 Å². The predicted molar refractivity (Wildman–Crippen MR) is 65.4 cm³/mol. The molecule has 1 amide bonds. The Morgan fingerprint density at radius 1 is 1.39 bits per heavy atom. The van der Waals surface area contributed by atoms with Gasteiger partial charge in [0, 0.05) is 38.2 Å². The average molecular weight is 252 g/mol. The van der Waals surface area contributed by atoms with Gasteiger partial charge in [-0.05, 0) is 6.07 Å². The molecule has 2 N–H and O–H groups in total. The smallest absolute Gasteiger partial charge is 0.221 e. The molecule has 5 heteroatoms. The average Bonchev–Trinajstić information content (AvgIpc) is 2.55. The Hall–Kier alpha value is -1.46. The maximum absolute atomic E-state index is 13.5. The Balaban J connectivity index is 1.96. The molecular formula is C13H17FN2O2. The summed E-state index contributed by atoms with van der Waals surface area (Å²) in [6, 6.07) is 6.22. The quantitative estimate of drug-likeness (QED) is 0.832. The molecule has 0 radical (unpaired) electrons. The van der Waals surface area contributed by atoms with E-state index < -0.39 is 11.9 Å². The van der Waals surface area contributed by atoms with Crippen LogP contribution in [0, 0.1) is 5.82 Å². The fourth-order valence-corrected chi connectivity index (χ4v) is 2.08. The van der Waals surface area contributed by atoms with Gasteiger partial charge < -0.3 is 10.4 Å². The molecule has 1 heterocycles. The summed E-state index contributed by atoms with van der Waals surface area (Å²) in [5.74, 6) is -0.369. The molecule has 1 aliphatic heterocycles. The van der Waals surface area contributed by atoms with Crippen molar-refractivity contribution in [3.8, 4) is 0 Å². The van der Waals surface area contributed by atoms with Gasteiger partial charge in [-0.1, -0.05) is 18.2 Å². The molecule has 0 aromatic heterocycles. The Bertz CT molecular complexity index is 425. The van der Waals surface area contributed by atoms with E-state index in [2.05, 4.69) is 5.32 Å². The van der Waals surface area contributed by atoms with E-state index >= 15 is 0 Å². The van der Waals surface area contributed by atoms with Crippen molar-refractivity contribution >= 4 is 5.91 Å². The topological polar surface area (TPSA) is 52.6 Å². The standard InChI is InChI=1S/C13H17FN2O2/c14-11-4-2-1-3-10(11)12(17)9-16-7-5-13(18)15-6-8-16/h1-4,12,17H,5-9H2,(H,15,18). The van der Waals surface area contributed by atoms with Crippen LogP contribution in [0.15, 0.2) is 24.3 Å². The van der Waals surface area contributed by atoms with Crippen LogP contribution in [0.1, 0.15) is 18.1 Å². The van der Waals surface area contributed by atoms with Gasteiger partial charge >= 0.3 is 0 Å². The number of benzene rings is 1. The molecule has 0 saturated carbocycles. The van der Waals surface area contributed by atoms with Crippen LogP contribution >= 0.6 is 0 Å². The summed E-state index contributed by atoms with van der Waals surface area (Å²) in [7, 11) is 0. The van der Waals surface area contributed by atoms with Crippen LogP contribution in [0.4, 0.5) is 4.39 Å². The van der Waals surface area contributed by atoms with Gasteiger partial charge in [0.1, 0.15) is 5.82 Å². The van der Waals surface area contributed by atoms with Crippen molar-refractivity contribution < 1.29 is 14.3 Å². The second-order valence-corrected chi connectivity index (χ2v) is 4.44. The van der Waals surface area contributed by atoms with E-state index in [-0.39, 0.29) is 5.91 Å². The Morgan fingerprint density at radius 3 is 2.94 bits per heavy atom. The summed E-state index contributed by atoms with van der Waals surface area (Å²) in [5.41, 5.74) is 0.307. The number of amides is 1. The number of rotatable bonds is 3. The van der Waals surface area contributed by atoms with Gasteiger partial charge in [-0.15, -0.1) is 0 Å². The van der Waals surface area contributed by atoms with Crippen molar-refractivity contribution in [3.05, 3.63) is 35.6 Å². The summed E-state index contributed by atoms with van der Waals surface area (Å²) < 4.78 is 13.5. The monoisotopic (exact) mass is 252 g/mol. The lowest BCUT2D eigenvalue weighted by atomic mass is 10.1. The first-order valence-electron chi connectivity index (χ1n) is 6.08. The van der Waals surface area contributed by atoms with Gasteiger partial charge in [-0.3, -0.25) is 9.69 Å². The molecule has 2 rings (SSSR count). The van der Waals surface area contributed by atoms with Gasteiger partial charge in [0.2, 0.25) is 5.91 Å². The maximum Gasteiger partial charge on any atom is 0.221 e. The number of hydrogen-bond donors (Lipinski definition) is 2. The van der Waals surface area contributed by atoms with Crippen LogP contribution in [-0.2, 0) is 4.79 Å². The minimum Gasteiger partial charge on any atom is -0.387 e. The van der Waals surface area contributed by atoms with E-state index in [4.69, 9.17) is 0 Å². The zero-order valence-electron chi connectivity index (χ0n) is 10.1. The summed E-state index contributed by atoms with van der Waals surface area (Å²) >= 11 is 0. The van der Waals surface area contributed by atoms with Crippen molar-refractivity contribution in [2.45, 2.75) is 12.5 Å². The van der Waals surface area contributed by atoms with Crippen LogP contribution in [-0.4, -0.2) is 42.1 Å². The molecule has 0 bridgehead atoms. The highest BCUT2D eigenvalue weighted by molar-refractivity contribution is 5.76. The molecule has 18 heavy (non-hydrogen) atoms. The first-order valence-corrected chi connectivity index (χ1v) is 6.08. The van der Waals surface area contributed by atoms with Gasteiger partial charge in [0.05, 0.1) is 6.10 Å². The maximum atomic E-state index is 13.5. The van der Waals surface area contributed by atoms with Crippen molar-refractivity contribution in [1.29, 1.82) is 0 Å². The molecular weight excluding hydrogens is 235 g/mol. The third-order valence-electron chi connectivity index (χ3n) is 3.10. The molecule has 1 fully saturated rings. The fraction of sp³-hybridized carbons (Fsp3) is 0.462. The molecule has 1 aliphatic rings. The number of carbonyl (C=O) groups excluding carboxylic acids is 1. The SMILES string of the molecule is O=C1CCN(CC(O)c2ccccc2F)CCN1. The number of hydrogen-bond acceptors (Lipinski definition) is 3. The summed E-state index contributed by atoms with van der Waals surface area (Å²) in [4.78, 5) is 13.1. The van der Waals surface area contributed by atoms with Gasteiger partial charge in [-0.25, -0.2) is 4.39 Å². The number of aliphatic hydroxyl groups excluding tert-OH is 1. The number of aliphatic hydroxyl groups is 1.